The molecular weight excluding hydrogens is 557 g/mol. The van der Waals surface area contributed by atoms with Crippen LogP contribution in [-0.4, -0.2) is 35.2 Å². The van der Waals surface area contributed by atoms with Gasteiger partial charge in [-0.1, -0.05) is 48.4 Å². The molecule has 1 fully saturated rings. The number of anilines is 3. The van der Waals surface area contributed by atoms with Gasteiger partial charge in [-0.2, -0.15) is 22.0 Å². The summed E-state index contributed by atoms with van der Waals surface area (Å²) in [6, 6.07) is 9.93. The monoisotopic (exact) mass is 582 g/mol. The summed E-state index contributed by atoms with van der Waals surface area (Å²) < 4.78 is 101. The molecule has 1 saturated heterocycles. The Hall–Kier alpha value is -4.13. The smallest absolute Gasteiger partial charge is 0.393 e. The molecule has 2 aromatic carbocycles. The molecule has 8 nitrogen and oxygen atoms in total. The van der Waals surface area contributed by atoms with Gasteiger partial charge in [-0.05, 0) is 11.6 Å². The lowest BCUT2D eigenvalue weighted by atomic mass is 9.91. The van der Waals surface area contributed by atoms with Gasteiger partial charge < -0.3 is 22.1 Å². The zero-order valence-electron chi connectivity index (χ0n) is 21.3. The van der Waals surface area contributed by atoms with Gasteiger partial charge in [-0.15, -0.1) is 6.42 Å². The molecule has 15 heteroatoms. The van der Waals surface area contributed by atoms with E-state index < -0.39 is 77.5 Å². The van der Waals surface area contributed by atoms with Crippen LogP contribution in [0.4, 0.5) is 48.1 Å². The van der Waals surface area contributed by atoms with Crippen molar-refractivity contribution in [2.24, 2.45) is 17.3 Å². The van der Waals surface area contributed by atoms with Crippen molar-refractivity contribution < 1.29 is 30.7 Å². The van der Waals surface area contributed by atoms with Gasteiger partial charge in [0.05, 0.1) is 13.1 Å². The second kappa shape index (κ2) is 10.4. The molecule has 218 valence electrons. The van der Waals surface area contributed by atoms with Crippen LogP contribution in [0.1, 0.15) is 34.5 Å². The molecule has 1 aromatic heterocycles. The number of alkyl halides is 7. The molecule has 2 heterocycles. The minimum absolute atomic E-state index is 0.0793. The lowest BCUT2D eigenvalue weighted by Crippen LogP contribution is -2.58. The van der Waals surface area contributed by atoms with E-state index in [0.717, 1.165) is 23.1 Å². The summed E-state index contributed by atoms with van der Waals surface area (Å²) in [6.07, 6.45) is -0.218. The Balaban J connectivity index is 1.87. The Morgan fingerprint density at radius 1 is 1.00 bits per heavy atom. The summed E-state index contributed by atoms with van der Waals surface area (Å²) in [4.78, 5) is 8.70. The van der Waals surface area contributed by atoms with E-state index in [2.05, 4.69) is 15.9 Å². The standard InChI is InChI=1S/C26H25F7N8/c1-2-15-7-6-10-18(25(35,36)26(31,32)33)17(15)13-41(37)21-19(34)20(40-12-11-23(27,28)14-40)38-22(39-21)24(29,30)16-8-4-3-5-9-16/h1,3-10H,11-14,34-37H2. The first kappa shape index (κ1) is 29.8. The molecule has 1 aliphatic heterocycles. The fraction of sp³-hybridized carbons (Fsp3) is 0.308. The highest BCUT2D eigenvalue weighted by Crippen LogP contribution is 2.41. The van der Waals surface area contributed by atoms with Crippen molar-refractivity contribution in [3.63, 3.8) is 0 Å². The quantitative estimate of drug-likeness (QED) is 0.109. The zero-order valence-corrected chi connectivity index (χ0v) is 21.3. The topological polar surface area (TPSA) is 136 Å². The number of nitrogens with two attached hydrogens (primary N) is 4. The average Bonchev–Trinajstić information content (AvgIpc) is 3.27. The molecule has 1 aliphatic rings. The van der Waals surface area contributed by atoms with E-state index in [1.54, 1.807) is 0 Å². The van der Waals surface area contributed by atoms with Crippen molar-refractivity contribution in [3.05, 3.63) is 76.6 Å². The van der Waals surface area contributed by atoms with Crippen molar-refractivity contribution in [3.8, 4) is 12.3 Å². The lowest BCUT2D eigenvalue weighted by molar-refractivity contribution is -0.188. The minimum Gasteiger partial charge on any atom is -0.393 e. The van der Waals surface area contributed by atoms with Gasteiger partial charge in [0.15, 0.2) is 17.3 Å². The van der Waals surface area contributed by atoms with Crippen molar-refractivity contribution in [2.75, 3.05) is 28.7 Å². The normalized spacial score (nSPS) is 15.6. The van der Waals surface area contributed by atoms with Gasteiger partial charge in [-0.3, -0.25) is 5.01 Å². The lowest BCUT2D eigenvalue weighted by Gasteiger charge is -2.32. The van der Waals surface area contributed by atoms with Crippen LogP contribution < -0.4 is 33.0 Å². The van der Waals surface area contributed by atoms with Gasteiger partial charge >= 0.3 is 12.1 Å². The molecule has 8 N–H and O–H groups in total. The van der Waals surface area contributed by atoms with Crippen LogP contribution in [0, 0.1) is 12.3 Å². The number of nitrogens with zero attached hydrogens (tertiary/aromatic N) is 4. The first-order valence-corrected chi connectivity index (χ1v) is 12.0. The largest absolute Gasteiger partial charge is 0.423 e. The number of aromatic nitrogens is 2. The van der Waals surface area contributed by atoms with Crippen LogP contribution in [0.3, 0.4) is 0 Å². The number of hydrazine groups is 1. The average molecular weight is 583 g/mol. The summed E-state index contributed by atoms with van der Waals surface area (Å²) in [5, 5.41) is 0.658. The maximum atomic E-state index is 15.6. The van der Waals surface area contributed by atoms with Crippen LogP contribution in [0.15, 0.2) is 48.5 Å². The Morgan fingerprint density at radius 2 is 1.66 bits per heavy atom. The van der Waals surface area contributed by atoms with E-state index in [0.29, 0.717) is 5.01 Å². The van der Waals surface area contributed by atoms with Crippen LogP contribution in [-0.2, 0) is 18.1 Å². The van der Waals surface area contributed by atoms with Crippen molar-refractivity contribution in [2.45, 2.75) is 36.6 Å². The maximum absolute atomic E-state index is 15.6. The second-order valence-electron chi connectivity index (χ2n) is 9.55. The number of halogens is 7. The van der Waals surface area contributed by atoms with Crippen LogP contribution in [0.5, 0.6) is 0 Å². The molecule has 0 saturated carbocycles. The molecule has 0 bridgehead atoms. The van der Waals surface area contributed by atoms with Crippen LogP contribution in [0.25, 0.3) is 0 Å². The number of terminal acetylenes is 1. The molecule has 0 aliphatic carbocycles. The van der Waals surface area contributed by atoms with Gasteiger partial charge in [0, 0.05) is 29.7 Å². The minimum atomic E-state index is -5.12. The van der Waals surface area contributed by atoms with Gasteiger partial charge in [0.25, 0.3) is 5.92 Å². The SMILES string of the molecule is C#Cc1cccc(C(N)(N)C(F)(F)F)c1CN(N)c1nc(C(F)(F)c2ccccc2)nc(N2CCC(F)(F)C2)c1N. The Bertz CT molecular complexity index is 1470. The fourth-order valence-corrected chi connectivity index (χ4v) is 4.42. The highest BCUT2D eigenvalue weighted by molar-refractivity contribution is 5.76. The molecule has 4 rings (SSSR count). The predicted molar refractivity (Wildman–Crippen MR) is 139 cm³/mol. The van der Waals surface area contributed by atoms with Gasteiger partial charge in [0.1, 0.15) is 5.69 Å². The van der Waals surface area contributed by atoms with Crippen molar-refractivity contribution in [1.82, 2.24) is 9.97 Å². The molecule has 0 radical (unpaired) electrons. The van der Waals surface area contributed by atoms with Crippen LogP contribution in [0.2, 0.25) is 0 Å². The zero-order chi connectivity index (χ0) is 30.4. The molecule has 0 spiro atoms. The fourth-order valence-electron chi connectivity index (χ4n) is 4.42. The molecule has 0 amide bonds. The number of hydrogen-bond donors (Lipinski definition) is 4. The predicted octanol–water partition coefficient (Wildman–Crippen LogP) is 3.54. The maximum Gasteiger partial charge on any atom is 0.423 e. The first-order chi connectivity index (χ1) is 19.0. The highest BCUT2D eigenvalue weighted by Gasteiger charge is 2.52. The van der Waals surface area contributed by atoms with Crippen molar-refractivity contribution in [1.29, 1.82) is 0 Å². The summed E-state index contributed by atoms with van der Waals surface area (Å²) in [5.41, 5.74) is 11.8. The first-order valence-electron chi connectivity index (χ1n) is 12.0. The second-order valence-corrected chi connectivity index (χ2v) is 9.55. The van der Waals surface area contributed by atoms with E-state index in [4.69, 9.17) is 29.5 Å². The summed E-state index contributed by atoms with van der Waals surface area (Å²) in [6.45, 7) is -1.82. The van der Waals surface area contributed by atoms with Crippen molar-refractivity contribution >= 4 is 17.3 Å². The number of nitrogen functional groups attached to an aromatic ring is 1. The number of hydrogen-bond acceptors (Lipinski definition) is 8. The third-order valence-electron chi connectivity index (χ3n) is 6.64. The number of rotatable bonds is 7. The molecule has 3 aromatic rings. The summed E-state index contributed by atoms with van der Waals surface area (Å²) in [7, 11) is 0. The van der Waals surface area contributed by atoms with E-state index in [9.17, 15) is 22.0 Å². The van der Waals surface area contributed by atoms with Gasteiger partial charge in [0.2, 0.25) is 5.82 Å². The molecule has 41 heavy (non-hydrogen) atoms. The Morgan fingerprint density at radius 3 is 2.22 bits per heavy atom. The molecule has 0 unspecified atom stereocenters. The highest BCUT2D eigenvalue weighted by atomic mass is 19.4. The third-order valence-corrected chi connectivity index (χ3v) is 6.64. The summed E-state index contributed by atoms with van der Waals surface area (Å²) >= 11 is 0. The number of benzene rings is 2. The summed E-state index contributed by atoms with van der Waals surface area (Å²) in [5.74, 6) is -0.746. The van der Waals surface area contributed by atoms with E-state index in [1.807, 2.05) is 0 Å². The van der Waals surface area contributed by atoms with E-state index in [-0.39, 0.29) is 17.7 Å². The van der Waals surface area contributed by atoms with Gasteiger partial charge in [-0.25, -0.2) is 24.6 Å². The third kappa shape index (κ3) is 5.58. The van der Waals surface area contributed by atoms with E-state index >= 15 is 8.78 Å². The molecule has 0 atom stereocenters. The van der Waals surface area contributed by atoms with E-state index in [1.165, 1.54) is 30.3 Å². The Labute approximate surface area is 230 Å². The molecular formula is C26H25F7N8. The van der Waals surface area contributed by atoms with Crippen LogP contribution >= 0.6 is 0 Å². The Kier molecular flexibility index (Phi) is 7.54.